The normalized spacial score (nSPS) is 11.3. The third-order valence-electron chi connectivity index (χ3n) is 3.71. The van der Waals surface area contributed by atoms with Crippen molar-refractivity contribution in [1.82, 2.24) is 5.32 Å². The largest absolute Gasteiger partial charge is 0.494 e. The van der Waals surface area contributed by atoms with E-state index in [9.17, 15) is 19.7 Å². The lowest BCUT2D eigenvalue weighted by molar-refractivity contribution is -0.384. The van der Waals surface area contributed by atoms with Crippen LogP contribution in [-0.2, 0) is 14.3 Å². The Morgan fingerprint density at radius 3 is 2.44 bits per heavy atom. The van der Waals surface area contributed by atoms with Gasteiger partial charge in [-0.2, -0.15) is 0 Å². The lowest BCUT2D eigenvalue weighted by atomic mass is 10.1. The van der Waals surface area contributed by atoms with Crippen molar-refractivity contribution in [2.75, 3.05) is 26.1 Å². The molecule has 2 aromatic carbocycles. The molecule has 0 spiro atoms. The van der Waals surface area contributed by atoms with Gasteiger partial charge in [-0.05, 0) is 11.6 Å². The summed E-state index contributed by atoms with van der Waals surface area (Å²) in [5, 5.41) is 16.2. The molecule has 0 fully saturated rings. The van der Waals surface area contributed by atoms with Gasteiger partial charge in [0, 0.05) is 6.07 Å². The number of hydrogen-bond acceptors (Lipinski definition) is 7. The molecule has 27 heavy (non-hydrogen) atoms. The maximum Gasteiger partial charge on any atom is 0.327 e. The van der Waals surface area contributed by atoms with Gasteiger partial charge in [-0.15, -0.1) is 0 Å². The topological polar surface area (TPSA) is 120 Å². The van der Waals surface area contributed by atoms with Crippen LogP contribution in [0.1, 0.15) is 11.6 Å². The number of non-ortho nitro benzene ring substituents is 1. The molecule has 0 aliphatic carbocycles. The number of methoxy groups -OCH3 is 2. The maximum atomic E-state index is 12.2. The number of nitro benzene ring substituents is 1. The van der Waals surface area contributed by atoms with Crippen LogP contribution in [0.5, 0.6) is 5.75 Å². The smallest absolute Gasteiger partial charge is 0.327 e. The fraction of sp³-hybridized carbons (Fsp3) is 0.222. The van der Waals surface area contributed by atoms with Gasteiger partial charge in [0.05, 0.1) is 37.4 Å². The summed E-state index contributed by atoms with van der Waals surface area (Å²) in [7, 11) is 2.61. The highest BCUT2D eigenvalue weighted by Crippen LogP contribution is 2.28. The first-order valence-electron chi connectivity index (χ1n) is 7.94. The summed E-state index contributed by atoms with van der Waals surface area (Å²) in [4.78, 5) is 34.5. The van der Waals surface area contributed by atoms with Gasteiger partial charge in [-0.3, -0.25) is 20.2 Å². The Labute approximate surface area is 155 Å². The molecule has 9 nitrogen and oxygen atoms in total. The molecule has 0 saturated carbocycles. The molecule has 0 bridgehead atoms. The van der Waals surface area contributed by atoms with Crippen LogP contribution in [0, 0.1) is 10.1 Å². The fourth-order valence-electron chi connectivity index (χ4n) is 2.39. The van der Waals surface area contributed by atoms with E-state index >= 15 is 0 Å². The summed E-state index contributed by atoms with van der Waals surface area (Å²) in [5.41, 5.74) is 0.784. The van der Waals surface area contributed by atoms with Gasteiger partial charge < -0.3 is 14.8 Å². The van der Waals surface area contributed by atoms with Crippen molar-refractivity contribution in [3.05, 3.63) is 64.2 Å². The third-order valence-corrected chi connectivity index (χ3v) is 3.71. The Bertz CT molecular complexity index is 825. The highest BCUT2D eigenvalue weighted by molar-refractivity contribution is 5.94. The molecule has 0 aliphatic heterocycles. The van der Waals surface area contributed by atoms with E-state index in [1.54, 1.807) is 24.3 Å². The van der Waals surface area contributed by atoms with E-state index in [4.69, 9.17) is 9.47 Å². The van der Waals surface area contributed by atoms with Crippen molar-refractivity contribution in [3.8, 4) is 5.75 Å². The Morgan fingerprint density at radius 2 is 1.85 bits per heavy atom. The van der Waals surface area contributed by atoms with Crippen molar-refractivity contribution >= 4 is 23.3 Å². The molecule has 1 atom stereocenters. The van der Waals surface area contributed by atoms with Gasteiger partial charge in [0.1, 0.15) is 11.8 Å². The van der Waals surface area contributed by atoms with E-state index < -0.39 is 22.8 Å². The standard InChI is InChI=1S/C18H19N3O6/c1-26-15-10-13(21(24)25)8-9-14(15)20-16(22)11-19-17(18(23)27-2)12-6-4-3-5-7-12/h3-10,17,19H,11H2,1-2H3,(H,20,22)/t17-/m1/s1. The minimum Gasteiger partial charge on any atom is -0.494 e. The van der Waals surface area contributed by atoms with Crippen LogP contribution in [-0.4, -0.2) is 37.6 Å². The predicted octanol–water partition coefficient (Wildman–Crippen LogP) is 2.05. The highest BCUT2D eigenvalue weighted by Gasteiger charge is 2.22. The van der Waals surface area contributed by atoms with Crippen molar-refractivity contribution in [3.63, 3.8) is 0 Å². The number of ether oxygens (including phenoxy) is 2. The summed E-state index contributed by atoms with van der Waals surface area (Å²) in [6.45, 7) is -0.186. The van der Waals surface area contributed by atoms with Gasteiger partial charge in [0.25, 0.3) is 5.69 Å². The first-order valence-corrected chi connectivity index (χ1v) is 7.94. The number of rotatable bonds is 8. The van der Waals surface area contributed by atoms with E-state index in [1.807, 2.05) is 6.07 Å². The molecule has 2 N–H and O–H groups in total. The minimum atomic E-state index is -0.805. The number of esters is 1. The van der Waals surface area contributed by atoms with Crippen LogP contribution in [0.2, 0.25) is 0 Å². The molecule has 0 saturated heterocycles. The lowest BCUT2D eigenvalue weighted by Gasteiger charge is -2.17. The lowest BCUT2D eigenvalue weighted by Crippen LogP contribution is -2.35. The van der Waals surface area contributed by atoms with E-state index in [2.05, 4.69) is 10.6 Å². The molecule has 0 heterocycles. The van der Waals surface area contributed by atoms with E-state index in [0.717, 1.165) is 0 Å². The summed E-state index contributed by atoms with van der Waals surface area (Å²) < 4.78 is 9.85. The van der Waals surface area contributed by atoms with Crippen molar-refractivity contribution in [1.29, 1.82) is 0 Å². The van der Waals surface area contributed by atoms with Crippen LogP contribution >= 0.6 is 0 Å². The number of nitrogens with one attached hydrogen (secondary N) is 2. The molecule has 0 radical (unpaired) electrons. The van der Waals surface area contributed by atoms with E-state index in [1.165, 1.54) is 32.4 Å². The molecule has 9 heteroatoms. The molecule has 2 aromatic rings. The van der Waals surface area contributed by atoms with Crippen molar-refractivity contribution in [2.45, 2.75) is 6.04 Å². The van der Waals surface area contributed by atoms with Crippen molar-refractivity contribution in [2.24, 2.45) is 0 Å². The second kappa shape index (κ2) is 9.30. The molecule has 142 valence electrons. The van der Waals surface area contributed by atoms with Gasteiger partial charge in [-0.25, -0.2) is 4.79 Å². The average molecular weight is 373 g/mol. The van der Waals surface area contributed by atoms with Crippen molar-refractivity contribution < 1.29 is 24.0 Å². The molecular formula is C18H19N3O6. The quantitative estimate of drug-likeness (QED) is 0.413. The van der Waals surface area contributed by atoms with E-state index in [-0.39, 0.29) is 23.7 Å². The summed E-state index contributed by atoms with van der Waals surface area (Å²) in [6.07, 6.45) is 0. The number of hydrogen-bond donors (Lipinski definition) is 2. The van der Waals surface area contributed by atoms with Gasteiger partial charge >= 0.3 is 5.97 Å². The monoisotopic (exact) mass is 373 g/mol. The summed E-state index contributed by atoms with van der Waals surface area (Å²) >= 11 is 0. The maximum absolute atomic E-state index is 12.2. The first-order chi connectivity index (χ1) is 13.0. The Morgan fingerprint density at radius 1 is 1.15 bits per heavy atom. The molecule has 1 amide bonds. The summed E-state index contributed by atoms with van der Waals surface area (Å²) in [5.74, 6) is -0.820. The molecule has 0 aromatic heterocycles. The van der Waals surface area contributed by atoms with Crippen LogP contribution in [0.15, 0.2) is 48.5 Å². The zero-order valence-corrected chi connectivity index (χ0v) is 14.8. The molecule has 0 unspecified atom stereocenters. The average Bonchev–Trinajstić information content (AvgIpc) is 2.68. The van der Waals surface area contributed by atoms with Crippen LogP contribution in [0.25, 0.3) is 0 Å². The Balaban J connectivity index is 2.06. The second-order valence-corrected chi connectivity index (χ2v) is 5.44. The SMILES string of the molecule is COC(=O)[C@H](NCC(=O)Nc1ccc([N+](=O)[O-])cc1OC)c1ccccc1. The number of amides is 1. The zero-order chi connectivity index (χ0) is 19.8. The third kappa shape index (κ3) is 5.25. The summed E-state index contributed by atoms with van der Waals surface area (Å²) in [6, 6.07) is 11.9. The Hall–Kier alpha value is -3.46. The number of nitro groups is 1. The minimum absolute atomic E-state index is 0.155. The van der Waals surface area contributed by atoms with Gasteiger partial charge in [0.15, 0.2) is 0 Å². The zero-order valence-electron chi connectivity index (χ0n) is 14.8. The number of nitrogens with zero attached hydrogens (tertiary/aromatic N) is 1. The molecule has 0 aliphatic rings. The number of carbonyl (C=O) groups excluding carboxylic acids is 2. The number of carbonyl (C=O) groups is 2. The van der Waals surface area contributed by atoms with Crippen LogP contribution in [0.4, 0.5) is 11.4 Å². The van der Waals surface area contributed by atoms with Gasteiger partial charge in [-0.1, -0.05) is 30.3 Å². The van der Waals surface area contributed by atoms with Crippen LogP contribution in [0.3, 0.4) is 0 Å². The molecule has 2 rings (SSSR count). The first kappa shape index (κ1) is 19.9. The van der Waals surface area contributed by atoms with Gasteiger partial charge in [0.2, 0.25) is 5.91 Å². The number of anilines is 1. The van der Waals surface area contributed by atoms with Crippen LogP contribution < -0.4 is 15.4 Å². The highest BCUT2D eigenvalue weighted by atomic mass is 16.6. The second-order valence-electron chi connectivity index (χ2n) is 5.44. The fourth-order valence-corrected chi connectivity index (χ4v) is 2.39. The van der Waals surface area contributed by atoms with E-state index in [0.29, 0.717) is 5.56 Å². The predicted molar refractivity (Wildman–Crippen MR) is 97.5 cm³/mol. The number of benzene rings is 2. The Kier molecular flexibility index (Phi) is 6.84. The molecular weight excluding hydrogens is 354 g/mol.